The number of benzene rings is 2. The van der Waals surface area contributed by atoms with Gasteiger partial charge < -0.3 is 24.4 Å². The van der Waals surface area contributed by atoms with Gasteiger partial charge in [-0.3, -0.25) is 4.79 Å². The highest BCUT2D eigenvalue weighted by molar-refractivity contribution is 6.02. The van der Waals surface area contributed by atoms with Gasteiger partial charge in [0.15, 0.2) is 17.3 Å². The first-order valence-corrected chi connectivity index (χ1v) is 7.01. The predicted octanol–water partition coefficient (Wildman–Crippen LogP) is 2.82. The largest absolute Gasteiger partial charge is 0.507 e. The van der Waals surface area contributed by atoms with Crippen molar-refractivity contribution in [3.05, 3.63) is 41.5 Å². The van der Waals surface area contributed by atoms with E-state index >= 15 is 0 Å². The SMILES string of the molecule is COc1cc(O)c2c(c1)O[C@H](c1ccc(OC)c(O)c1)CC2=O. The molecule has 23 heavy (non-hydrogen) atoms. The lowest BCUT2D eigenvalue weighted by Gasteiger charge is -2.26. The molecule has 0 aliphatic carbocycles. The number of Topliss-reactive ketones (excluding diaryl/α,β-unsaturated/α-hetero) is 1. The second kappa shape index (κ2) is 5.72. The van der Waals surface area contributed by atoms with Crippen molar-refractivity contribution >= 4 is 5.78 Å². The van der Waals surface area contributed by atoms with Crippen LogP contribution in [-0.2, 0) is 0 Å². The summed E-state index contributed by atoms with van der Waals surface area (Å²) in [4.78, 5) is 12.3. The lowest BCUT2D eigenvalue weighted by molar-refractivity contribution is 0.0844. The van der Waals surface area contributed by atoms with Gasteiger partial charge in [0.1, 0.15) is 28.9 Å². The molecule has 1 atom stereocenters. The number of ether oxygens (including phenoxy) is 3. The van der Waals surface area contributed by atoms with E-state index in [9.17, 15) is 15.0 Å². The van der Waals surface area contributed by atoms with Crippen LogP contribution in [0, 0.1) is 0 Å². The Bertz CT molecular complexity index is 768. The molecule has 0 saturated carbocycles. The molecule has 0 fully saturated rings. The van der Waals surface area contributed by atoms with E-state index in [1.54, 1.807) is 18.2 Å². The molecule has 2 N–H and O–H groups in total. The predicted molar refractivity (Wildman–Crippen MR) is 81.6 cm³/mol. The normalized spacial score (nSPS) is 16.4. The number of phenols is 2. The van der Waals surface area contributed by atoms with E-state index in [4.69, 9.17) is 14.2 Å². The summed E-state index contributed by atoms with van der Waals surface area (Å²) in [6.45, 7) is 0. The van der Waals surface area contributed by atoms with E-state index in [1.807, 2.05) is 0 Å². The van der Waals surface area contributed by atoms with Crippen molar-refractivity contribution in [2.75, 3.05) is 14.2 Å². The van der Waals surface area contributed by atoms with Crippen LogP contribution in [0.3, 0.4) is 0 Å². The molecular formula is C17H16O6. The number of phenolic OH excluding ortho intramolecular Hbond substituents is 2. The van der Waals surface area contributed by atoms with Crippen LogP contribution in [-0.4, -0.2) is 30.2 Å². The van der Waals surface area contributed by atoms with Gasteiger partial charge >= 0.3 is 0 Å². The Kier molecular flexibility index (Phi) is 3.73. The number of ketones is 1. The molecule has 2 aromatic rings. The molecule has 2 aromatic carbocycles. The van der Waals surface area contributed by atoms with Gasteiger partial charge in [0.2, 0.25) is 0 Å². The Hall–Kier alpha value is -2.89. The van der Waals surface area contributed by atoms with Crippen LogP contribution in [0.5, 0.6) is 28.7 Å². The number of hydrogen-bond acceptors (Lipinski definition) is 6. The van der Waals surface area contributed by atoms with Gasteiger partial charge in [0, 0.05) is 12.1 Å². The lowest BCUT2D eigenvalue weighted by Crippen LogP contribution is -2.20. The highest BCUT2D eigenvalue weighted by atomic mass is 16.5. The zero-order chi connectivity index (χ0) is 16.6. The number of aromatic hydroxyl groups is 2. The van der Waals surface area contributed by atoms with Crippen molar-refractivity contribution in [2.45, 2.75) is 12.5 Å². The first-order chi connectivity index (χ1) is 11.0. The van der Waals surface area contributed by atoms with Crippen LogP contribution in [0.4, 0.5) is 0 Å². The summed E-state index contributed by atoms with van der Waals surface area (Å²) >= 11 is 0. The summed E-state index contributed by atoms with van der Waals surface area (Å²) < 4.78 is 15.9. The first-order valence-electron chi connectivity index (χ1n) is 7.01. The van der Waals surface area contributed by atoms with Gasteiger partial charge in [0.25, 0.3) is 0 Å². The Balaban J connectivity index is 1.98. The molecule has 120 valence electrons. The van der Waals surface area contributed by atoms with E-state index in [0.717, 1.165) is 0 Å². The minimum Gasteiger partial charge on any atom is -0.507 e. The molecule has 0 spiro atoms. The standard InChI is InChI=1S/C17H16O6/c1-21-10-6-12(19)17-13(20)8-15(23-16(17)7-10)9-3-4-14(22-2)11(18)5-9/h3-7,15,18-19H,8H2,1-2H3/t15-/m0/s1. The molecule has 1 aliphatic heterocycles. The Morgan fingerprint density at radius 1 is 1.09 bits per heavy atom. The number of hydrogen-bond donors (Lipinski definition) is 2. The fraction of sp³-hybridized carbons (Fsp3) is 0.235. The van der Waals surface area contributed by atoms with Gasteiger partial charge in [-0.15, -0.1) is 0 Å². The third-order valence-electron chi connectivity index (χ3n) is 3.78. The summed E-state index contributed by atoms with van der Waals surface area (Å²) in [6, 6.07) is 7.77. The number of carbonyl (C=O) groups excluding carboxylic acids is 1. The van der Waals surface area contributed by atoms with Crippen LogP contribution < -0.4 is 14.2 Å². The number of fused-ring (bicyclic) bond motifs is 1. The van der Waals surface area contributed by atoms with E-state index < -0.39 is 6.10 Å². The van der Waals surface area contributed by atoms with Crippen molar-refractivity contribution < 1.29 is 29.2 Å². The molecule has 6 nitrogen and oxygen atoms in total. The van der Waals surface area contributed by atoms with Gasteiger partial charge in [-0.05, 0) is 17.7 Å². The Labute approximate surface area is 132 Å². The molecule has 6 heteroatoms. The van der Waals surface area contributed by atoms with Crippen molar-refractivity contribution in [1.82, 2.24) is 0 Å². The summed E-state index contributed by atoms with van der Waals surface area (Å²) in [7, 11) is 2.92. The molecule has 0 amide bonds. The topological polar surface area (TPSA) is 85.2 Å². The minimum absolute atomic E-state index is 0.0275. The average molecular weight is 316 g/mol. The molecule has 0 saturated heterocycles. The minimum atomic E-state index is -0.557. The molecule has 1 heterocycles. The molecular weight excluding hydrogens is 300 g/mol. The quantitative estimate of drug-likeness (QED) is 0.905. The third kappa shape index (κ3) is 2.63. The smallest absolute Gasteiger partial charge is 0.174 e. The highest BCUT2D eigenvalue weighted by Crippen LogP contribution is 2.42. The second-order valence-corrected chi connectivity index (χ2v) is 5.18. The summed E-state index contributed by atoms with van der Waals surface area (Å²) in [5.41, 5.74) is 0.796. The molecule has 0 radical (unpaired) electrons. The van der Waals surface area contributed by atoms with Crippen LogP contribution in [0.2, 0.25) is 0 Å². The van der Waals surface area contributed by atoms with Crippen LogP contribution >= 0.6 is 0 Å². The van der Waals surface area contributed by atoms with Gasteiger partial charge in [-0.2, -0.15) is 0 Å². The zero-order valence-corrected chi connectivity index (χ0v) is 12.7. The van der Waals surface area contributed by atoms with E-state index in [-0.39, 0.29) is 35.0 Å². The van der Waals surface area contributed by atoms with Crippen LogP contribution in [0.15, 0.2) is 30.3 Å². The third-order valence-corrected chi connectivity index (χ3v) is 3.78. The number of rotatable bonds is 3. The average Bonchev–Trinajstić information content (AvgIpc) is 2.53. The number of carbonyl (C=O) groups is 1. The van der Waals surface area contributed by atoms with E-state index in [0.29, 0.717) is 17.1 Å². The molecule has 0 unspecified atom stereocenters. The van der Waals surface area contributed by atoms with Crippen LogP contribution in [0.25, 0.3) is 0 Å². The summed E-state index contributed by atoms with van der Waals surface area (Å²) in [5.74, 6) is 0.578. The fourth-order valence-corrected chi connectivity index (χ4v) is 2.63. The lowest BCUT2D eigenvalue weighted by atomic mass is 9.95. The monoisotopic (exact) mass is 316 g/mol. The highest BCUT2D eigenvalue weighted by Gasteiger charge is 2.31. The molecule has 3 rings (SSSR count). The molecule has 0 aromatic heterocycles. The van der Waals surface area contributed by atoms with Crippen molar-refractivity contribution in [2.24, 2.45) is 0 Å². The van der Waals surface area contributed by atoms with Crippen molar-refractivity contribution in [3.8, 4) is 28.7 Å². The van der Waals surface area contributed by atoms with Gasteiger partial charge in [0.05, 0.1) is 20.6 Å². The maximum absolute atomic E-state index is 12.3. The maximum Gasteiger partial charge on any atom is 0.174 e. The van der Waals surface area contributed by atoms with Crippen LogP contribution in [0.1, 0.15) is 28.4 Å². The molecule has 0 bridgehead atoms. The first kappa shape index (κ1) is 15.0. The number of methoxy groups -OCH3 is 2. The summed E-state index contributed by atoms with van der Waals surface area (Å²) in [6.07, 6.45) is -0.489. The van der Waals surface area contributed by atoms with Gasteiger partial charge in [-0.25, -0.2) is 0 Å². The summed E-state index contributed by atoms with van der Waals surface area (Å²) in [5, 5.41) is 19.9. The fourth-order valence-electron chi connectivity index (χ4n) is 2.63. The van der Waals surface area contributed by atoms with Crippen molar-refractivity contribution in [1.29, 1.82) is 0 Å². The molecule has 1 aliphatic rings. The zero-order valence-electron chi connectivity index (χ0n) is 12.7. The Morgan fingerprint density at radius 3 is 2.52 bits per heavy atom. The second-order valence-electron chi connectivity index (χ2n) is 5.18. The van der Waals surface area contributed by atoms with E-state index in [2.05, 4.69) is 0 Å². The van der Waals surface area contributed by atoms with Crippen molar-refractivity contribution in [3.63, 3.8) is 0 Å². The Morgan fingerprint density at radius 2 is 1.87 bits per heavy atom. The maximum atomic E-state index is 12.3. The van der Waals surface area contributed by atoms with E-state index in [1.165, 1.54) is 26.4 Å². The van der Waals surface area contributed by atoms with Gasteiger partial charge in [-0.1, -0.05) is 6.07 Å².